The van der Waals surface area contributed by atoms with Crippen LogP contribution in [0.4, 0.5) is 0 Å². The first kappa shape index (κ1) is 7.30. The van der Waals surface area contributed by atoms with Crippen molar-refractivity contribution in [2.24, 2.45) is 0 Å². The molecule has 0 saturated heterocycles. The van der Waals surface area contributed by atoms with Crippen LogP contribution in [0.25, 0.3) is 0 Å². The van der Waals surface area contributed by atoms with E-state index < -0.39 is 14.4 Å². The molecule has 0 N–H and O–H groups in total. The summed E-state index contributed by atoms with van der Waals surface area (Å²) in [5, 5.41) is 0. The van der Waals surface area contributed by atoms with Crippen molar-refractivity contribution in [1.82, 2.24) is 0 Å². The first-order valence-corrected chi connectivity index (χ1v) is 4.22. The third-order valence-electron chi connectivity index (χ3n) is 0.603. The number of sulfone groups is 1. The molecule has 1 unspecified atom stereocenters. The van der Waals surface area contributed by atoms with Gasteiger partial charge < -0.3 is 0 Å². The predicted octanol–water partition coefficient (Wildman–Crippen LogP) is 0.575. The Morgan fingerprint density at radius 2 is 1.71 bits per heavy atom. The average molecular weight is 139 g/mol. The predicted molar refractivity (Wildman–Crippen MR) is 31.9 cm³/mol. The second kappa shape index (κ2) is 2.05. The van der Waals surface area contributed by atoms with Crippen LogP contribution in [-0.4, -0.2) is 19.3 Å². The zero-order valence-corrected chi connectivity index (χ0v) is 5.84. The van der Waals surface area contributed by atoms with Crippen molar-refractivity contribution in [3.05, 3.63) is 0 Å². The minimum Gasteiger partial charge on any atom is -0.228 e. The highest BCUT2D eigenvalue weighted by Gasteiger charge is 2.07. The number of rotatable bonds is 1. The van der Waals surface area contributed by atoms with Gasteiger partial charge in [-0.15, -0.1) is 0 Å². The Hall–Kier alpha value is 0.300. The maximum Gasteiger partial charge on any atom is 0.160 e. The van der Waals surface area contributed by atoms with E-state index in [1.807, 2.05) is 0 Å². The monoisotopic (exact) mass is 139 g/mol. The molecule has 0 fully saturated rings. The van der Waals surface area contributed by atoms with Gasteiger partial charge in [0.15, 0.2) is 9.84 Å². The molecule has 0 aliphatic heterocycles. The van der Waals surface area contributed by atoms with Crippen LogP contribution in [0.15, 0.2) is 0 Å². The lowest BCUT2D eigenvalue weighted by atomic mass is 11.0. The van der Waals surface area contributed by atoms with Crippen LogP contribution in [0.3, 0.4) is 0 Å². The quantitative estimate of drug-likeness (QED) is 0.532. The highest BCUT2D eigenvalue weighted by atomic mass is 32.2. The molecule has 0 aliphatic carbocycles. The highest BCUT2D eigenvalue weighted by molar-refractivity contribution is 8.04. The fourth-order valence-corrected chi connectivity index (χ4v) is 0. The normalized spacial score (nSPS) is 16.4. The van der Waals surface area contributed by atoms with Crippen LogP contribution in [0, 0.1) is 0 Å². The Morgan fingerprint density at radius 1 is 1.57 bits per heavy atom. The summed E-state index contributed by atoms with van der Waals surface area (Å²) in [5.41, 5.74) is 0. The van der Waals surface area contributed by atoms with Crippen LogP contribution in [0.1, 0.15) is 6.92 Å². The molecule has 2 nitrogen and oxygen atoms in total. The van der Waals surface area contributed by atoms with Crippen LogP contribution < -0.4 is 0 Å². The molecule has 4 heteroatoms. The van der Waals surface area contributed by atoms with Gasteiger partial charge in [-0.2, -0.15) is 0 Å². The van der Waals surface area contributed by atoms with Crippen molar-refractivity contribution in [1.29, 1.82) is 0 Å². The van der Waals surface area contributed by atoms with Crippen molar-refractivity contribution in [2.75, 3.05) is 6.26 Å². The van der Waals surface area contributed by atoms with E-state index in [0.29, 0.717) is 0 Å². The van der Waals surface area contributed by atoms with Crippen molar-refractivity contribution in [2.45, 2.75) is 11.5 Å². The first-order chi connectivity index (χ1) is 2.94. The van der Waals surface area contributed by atoms with Crippen LogP contribution in [-0.2, 0) is 9.84 Å². The SMILES string of the molecule is CC([S])S(C)(=O)=O. The third-order valence-corrected chi connectivity index (χ3v) is 2.86. The third kappa shape index (κ3) is 2.93. The van der Waals surface area contributed by atoms with Gasteiger partial charge in [-0.25, -0.2) is 8.42 Å². The largest absolute Gasteiger partial charge is 0.228 e. The van der Waals surface area contributed by atoms with E-state index in [-0.39, 0.29) is 0 Å². The molecule has 1 radical (unpaired) electrons. The summed E-state index contributed by atoms with van der Waals surface area (Å²) in [6, 6.07) is 0. The lowest BCUT2D eigenvalue weighted by Gasteiger charge is -1.94. The average Bonchev–Trinajstić information content (AvgIpc) is 1.31. The molecule has 0 aromatic rings. The van der Waals surface area contributed by atoms with Gasteiger partial charge in [0.25, 0.3) is 0 Å². The standard InChI is InChI=1S/C3H7O2S2/c1-3(6)7(2,4)5/h3H,1-2H3. The second-order valence-electron chi connectivity index (χ2n) is 1.40. The van der Waals surface area contributed by atoms with Crippen LogP contribution in [0.5, 0.6) is 0 Å². The number of hydrogen-bond acceptors (Lipinski definition) is 2. The van der Waals surface area contributed by atoms with E-state index in [2.05, 4.69) is 12.6 Å². The molecule has 0 bridgehead atoms. The topological polar surface area (TPSA) is 34.1 Å². The van der Waals surface area contributed by atoms with Gasteiger partial charge in [0.2, 0.25) is 0 Å². The van der Waals surface area contributed by atoms with Gasteiger partial charge in [-0.1, -0.05) is 12.6 Å². The smallest absolute Gasteiger partial charge is 0.160 e. The van der Waals surface area contributed by atoms with Crippen LogP contribution >= 0.6 is 12.6 Å². The molecule has 0 aromatic heterocycles. The molecule has 0 rings (SSSR count). The maximum atomic E-state index is 10.2. The van der Waals surface area contributed by atoms with E-state index in [1.165, 1.54) is 6.92 Å². The zero-order valence-electron chi connectivity index (χ0n) is 4.21. The molecular weight excluding hydrogens is 132 g/mol. The lowest BCUT2D eigenvalue weighted by molar-refractivity contribution is 0.601. The van der Waals surface area contributed by atoms with E-state index in [9.17, 15) is 8.42 Å². The minimum absolute atomic E-state index is 0.646. The molecule has 0 heterocycles. The molecule has 0 aliphatic rings. The Balaban J connectivity index is 4.10. The Kier molecular flexibility index (Phi) is 2.13. The molecule has 0 aromatic carbocycles. The van der Waals surface area contributed by atoms with Gasteiger partial charge in [0, 0.05) is 6.26 Å². The molecule has 0 spiro atoms. The summed E-state index contributed by atoms with van der Waals surface area (Å²) < 4.78 is 19.8. The summed E-state index contributed by atoms with van der Waals surface area (Å²) in [7, 11) is -2.93. The fraction of sp³-hybridized carbons (Fsp3) is 1.00. The second-order valence-corrected chi connectivity index (χ2v) is 4.77. The molecule has 43 valence electrons. The summed E-state index contributed by atoms with van der Waals surface area (Å²) in [6.07, 6.45) is 1.13. The molecule has 0 saturated carbocycles. The van der Waals surface area contributed by atoms with Gasteiger partial charge in [-0.05, 0) is 6.92 Å². The van der Waals surface area contributed by atoms with Crippen molar-refractivity contribution < 1.29 is 8.42 Å². The summed E-state index contributed by atoms with van der Waals surface area (Å²) in [6.45, 7) is 1.48. The highest BCUT2D eigenvalue weighted by Crippen LogP contribution is 1.99. The first-order valence-electron chi connectivity index (χ1n) is 1.79. The van der Waals surface area contributed by atoms with Crippen molar-refractivity contribution >= 4 is 22.5 Å². The van der Waals surface area contributed by atoms with Gasteiger partial charge in [-0.3, -0.25) is 0 Å². The number of hydrogen-bond donors (Lipinski definition) is 0. The minimum atomic E-state index is -2.93. The van der Waals surface area contributed by atoms with Crippen LogP contribution in [0.2, 0.25) is 0 Å². The summed E-state index contributed by atoms with van der Waals surface area (Å²) >= 11 is 4.43. The Morgan fingerprint density at radius 3 is 1.71 bits per heavy atom. The van der Waals surface area contributed by atoms with Crippen molar-refractivity contribution in [3.8, 4) is 0 Å². The molecular formula is C3H7O2S2. The molecule has 1 atom stereocenters. The van der Waals surface area contributed by atoms with Gasteiger partial charge in [0.1, 0.15) is 4.58 Å². The maximum absolute atomic E-state index is 10.2. The Labute approximate surface area is 49.2 Å². The van der Waals surface area contributed by atoms with E-state index >= 15 is 0 Å². The van der Waals surface area contributed by atoms with Crippen molar-refractivity contribution in [3.63, 3.8) is 0 Å². The fourth-order valence-electron chi connectivity index (χ4n) is 0. The van der Waals surface area contributed by atoms with Gasteiger partial charge in [0.05, 0.1) is 0 Å². The van der Waals surface area contributed by atoms with E-state index in [0.717, 1.165) is 6.26 Å². The zero-order chi connectivity index (χ0) is 6.08. The van der Waals surface area contributed by atoms with E-state index in [4.69, 9.17) is 0 Å². The molecule has 7 heavy (non-hydrogen) atoms. The lowest BCUT2D eigenvalue weighted by Crippen LogP contribution is -2.07. The van der Waals surface area contributed by atoms with E-state index in [1.54, 1.807) is 0 Å². The van der Waals surface area contributed by atoms with Gasteiger partial charge >= 0.3 is 0 Å². The summed E-state index contributed by atoms with van der Waals surface area (Å²) in [5.74, 6) is 0. The molecule has 0 amide bonds. The Bertz CT molecular complexity index is 133. The summed E-state index contributed by atoms with van der Waals surface area (Å²) in [4.78, 5) is 0.